The summed E-state index contributed by atoms with van der Waals surface area (Å²) in [6.07, 6.45) is 1.48. The van der Waals surface area contributed by atoms with Gasteiger partial charge in [-0.15, -0.1) is 0 Å². The Morgan fingerprint density at radius 3 is 1.88 bits per heavy atom. The van der Waals surface area contributed by atoms with Crippen molar-refractivity contribution in [2.24, 2.45) is 5.92 Å². The monoisotopic (exact) mass is 230 g/mol. The molecule has 0 aliphatic carbocycles. The van der Waals surface area contributed by atoms with Gasteiger partial charge in [-0.05, 0) is 19.3 Å². The average molecular weight is 230 g/mol. The Labute approximate surface area is 96.9 Å². The van der Waals surface area contributed by atoms with Crippen molar-refractivity contribution in [2.45, 2.75) is 32.3 Å². The van der Waals surface area contributed by atoms with Gasteiger partial charge in [-0.1, -0.05) is 0 Å². The zero-order chi connectivity index (χ0) is 12.6. The summed E-state index contributed by atoms with van der Waals surface area (Å²) in [5, 5.41) is 5.13. The van der Waals surface area contributed by atoms with Crippen LogP contribution in [0, 0.1) is 5.92 Å². The first-order valence-electron chi connectivity index (χ1n) is 5.47. The third-order valence-electron chi connectivity index (χ3n) is 2.57. The fourth-order valence-corrected chi connectivity index (χ4v) is 1.53. The van der Waals surface area contributed by atoms with Crippen molar-refractivity contribution in [2.75, 3.05) is 21.2 Å². The van der Waals surface area contributed by atoms with Crippen LogP contribution in [0.25, 0.3) is 0 Å². The predicted molar refractivity (Wildman–Crippen MR) is 61.9 cm³/mol. The molecule has 0 aromatic rings. The molecule has 0 heterocycles. The van der Waals surface area contributed by atoms with E-state index in [-0.39, 0.29) is 23.8 Å². The normalized spacial score (nSPS) is 12.3. The number of ether oxygens (including phenoxy) is 1. The molecule has 0 rings (SSSR count). The van der Waals surface area contributed by atoms with Crippen molar-refractivity contribution < 1.29 is 14.3 Å². The Bertz CT molecular complexity index is 213. The molecule has 0 saturated carbocycles. The maximum absolute atomic E-state index is 11.3. The fraction of sp³-hybridized carbons (Fsp3) is 0.818. The Morgan fingerprint density at radius 2 is 1.56 bits per heavy atom. The zero-order valence-corrected chi connectivity index (χ0v) is 10.5. The second-order valence-corrected chi connectivity index (χ2v) is 3.90. The van der Waals surface area contributed by atoms with Crippen molar-refractivity contribution in [1.29, 1.82) is 0 Å². The summed E-state index contributed by atoms with van der Waals surface area (Å²) in [6.45, 7) is 1.93. The maximum Gasteiger partial charge on any atom is 0.220 e. The number of amides is 2. The lowest BCUT2D eigenvalue weighted by Crippen LogP contribution is -2.28. The number of carbonyl (C=O) groups excluding carboxylic acids is 2. The smallest absolute Gasteiger partial charge is 0.220 e. The van der Waals surface area contributed by atoms with E-state index < -0.39 is 0 Å². The molecule has 94 valence electrons. The average Bonchev–Trinajstić information content (AvgIpc) is 2.28. The van der Waals surface area contributed by atoms with Crippen molar-refractivity contribution in [1.82, 2.24) is 10.6 Å². The third kappa shape index (κ3) is 6.40. The summed E-state index contributed by atoms with van der Waals surface area (Å²) < 4.78 is 5.15. The summed E-state index contributed by atoms with van der Waals surface area (Å²) >= 11 is 0. The molecule has 16 heavy (non-hydrogen) atoms. The first-order chi connectivity index (χ1) is 7.53. The largest absolute Gasteiger partial charge is 0.382 e. The molecular weight excluding hydrogens is 208 g/mol. The van der Waals surface area contributed by atoms with Crippen LogP contribution in [-0.4, -0.2) is 39.1 Å². The fourth-order valence-electron chi connectivity index (χ4n) is 1.53. The van der Waals surface area contributed by atoms with Crippen LogP contribution in [0.5, 0.6) is 0 Å². The Kier molecular flexibility index (Phi) is 7.54. The molecule has 0 spiro atoms. The van der Waals surface area contributed by atoms with E-state index in [0.29, 0.717) is 19.3 Å². The number of methoxy groups -OCH3 is 1. The molecule has 0 saturated heterocycles. The molecule has 0 aliphatic heterocycles. The quantitative estimate of drug-likeness (QED) is 0.661. The van der Waals surface area contributed by atoms with Gasteiger partial charge in [0.1, 0.15) is 0 Å². The summed E-state index contributed by atoms with van der Waals surface area (Å²) in [6, 6.07) is 0. The first kappa shape index (κ1) is 14.9. The van der Waals surface area contributed by atoms with Gasteiger partial charge in [-0.3, -0.25) is 9.59 Å². The number of hydrogen-bond acceptors (Lipinski definition) is 3. The summed E-state index contributed by atoms with van der Waals surface area (Å²) in [7, 11) is 4.82. The third-order valence-corrected chi connectivity index (χ3v) is 2.57. The van der Waals surface area contributed by atoms with Crippen LogP contribution in [0.4, 0.5) is 0 Å². The Balaban J connectivity index is 4.26. The van der Waals surface area contributed by atoms with E-state index >= 15 is 0 Å². The molecule has 0 bridgehead atoms. The number of rotatable bonds is 7. The molecule has 0 aliphatic rings. The standard InChI is InChI=1S/C11H22N2O3/c1-8(16-4)5-9(6-10(14)12-2)7-11(15)13-3/h8-9H,5-7H2,1-4H3,(H,12,14)(H,13,15). The summed E-state index contributed by atoms with van der Waals surface area (Å²) in [5.74, 6) is -0.0655. The highest BCUT2D eigenvalue weighted by atomic mass is 16.5. The minimum atomic E-state index is -0.0443. The van der Waals surface area contributed by atoms with Crippen molar-refractivity contribution in [3.05, 3.63) is 0 Å². The van der Waals surface area contributed by atoms with Gasteiger partial charge in [0.25, 0.3) is 0 Å². The van der Waals surface area contributed by atoms with Crippen LogP contribution in [0.2, 0.25) is 0 Å². The Morgan fingerprint density at radius 1 is 1.12 bits per heavy atom. The van der Waals surface area contributed by atoms with Gasteiger partial charge in [0, 0.05) is 34.0 Å². The number of carbonyl (C=O) groups is 2. The molecule has 1 unspecified atom stereocenters. The summed E-state index contributed by atoms with van der Waals surface area (Å²) in [4.78, 5) is 22.6. The number of nitrogens with one attached hydrogen (secondary N) is 2. The van der Waals surface area contributed by atoms with Gasteiger partial charge in [0.15, 0.2) is 0 Å². The van der Waals surface area contributed by atoms with Crippen LogP contribution in [-0.2, 0) is 14.3 Å². The van der Waals surface area contributed by atoms with Crippen molar-refractivity contribution >= 4 is 11.8 Å². The molecule has 1 atom stereocenters. The van der Waals surface area contributed by atoms with Gasteiger partial charge >= 0.3 is 0 Å². The molecule has 0 aromatic heterocycles. The van der Waals surface area contributed by atoms with E-state index in [9.17, 15) is 9.59 Å². The van der Waals surface area contributed by atoms with E-state index in [0.717, 1.165) is 0 Å². The lowest BCUT2D eigenvalue weighted by molar-refractivity contribution is -0.124. The van der Waals surface area contributed by atoms with Crippen molar-refractivity contribution in [3.8, 4) is 0 Å². The van der Waals surface area contributed by atoms with Gasteiger partial charge in [0.2, 0.25) is 11.8 Å². The topological polar surface area (TPSA) is 67.4 Å². The second kappa shape index (κ2) is 8.10. The van der Waals surface area contributed by atoms with E-state index in [1.165, 1.54) is 0 Å². The molecular formula is C11H22N2O3. The molecule has 0 fully saturated rings. The van der Waals surface area contributed by atoms with E-state index in [4.69, 9.17) is 4.74 Å². The molecule has 2 N–H and O–H groups in total. The lowest BCUT2D eigenvalue weighted by Gasteiger charge is -2.18. The van der Waals surface area contributed by atoms with E-state index in [1.54, 1.807) is 21.2 Å². The maximum atomic E-state index is 11.3. The zero-order valence-electron chi connectivity index (χ0n) is 10.5. The summed E-state index contributed by atoms with van der Waals surface area (Å²) in [5.41, 5.74) is 0. The van der Waals surface area contributed by atoms with E-state index in [1.807, 2.05) is 6.92 Å². The SMILES string of the molecule is CNC(=O)CC(CC(=O)NC)CC(C)OC. The van der Waals surface area contributed by atoms with Crippen LogP contribution in [0.1, 0.15) is 26.2 Å². The minimum absolute atomic E-state index is 0.0230. The highest BCUT2D eigenvalue weighted by Crippen LogP contribution is 2.17. The highest BCUT2D eigenvalue weighted by Gasteiger charge is 2.19. The van der Waals surface area contributed by atoms with Crippen molar-refractivity contribution in [3.63, 3.8) is 0 Å². The highest BCUT2D eigenvalue weighted by molar-refractivity contribution is 5.79. The van der Waals surface area contributed by atoms with E-state index in [2.05, 4.69) is 10.6 Å². The first-order valence-corrected chi connectivity index (χ1v) is 5.47. The minimum Gasteiger partial charge on any atom is -0.382 e. The van der Waals surface area contributed by atoms with Gasteiger partial charge in [0.05, 0.1) is 6.10 Å². The van der Waals surface area contributed by atoms with Crippen LogP contribution >= 0.6 is 0 Å². The molecule has 2 amide bonds. The van der Waals surface area contributed by atoms with Crippen LogP contribution in [0.15, 0.2) is 0 Å². The predicted octanol–water partition coefficient (Wildman–Crippen LogP) is 0.300. The van der Waals surface area contributed by atoms with Gasteiger partial charge < -0.3 is 15.4 Å². The number of hydrogen-bond donors (Lipinski definition) is 2. The molecule has 5 heteroatoms. The van der Waals surface area contributed by atoms with Crippen LogP contribution < -0.4 is 10.6 Å². The van der Waals surface area contributed by atoms with Crippen LogP contribution in [0.3, 0.4) is 0 Å². The lowest BCUT2D eigenvalue weighted by atomic mass is 9.94. The molecule has 0 radical (unpaired) electrons. The van der Waals surface area contributed by atoms with Gasteiger partial charge in [-0.25, -0.2) is 0 Å². The van der Waals surface area contributed by atoms with Gasteiger partial charge in [-0.2, -0.15) is 0 Å². The molecule has 0 aromatic carbocycles. The Hall–Kier alpha value is -1.10. The second-order valence-electron chi connectivity index (χ2n) is 3.90. The molecule has 5 nitrogen and oxygen atoms in total.